The van der Waals surface area contributed by atoms with Gasteiger partial charge in [0.25, 0.3) is 5.91 Å². The smallest absolute Gasteiger partial charge is 0.403 e. The van der Waals surface area contributed by atoms with Crippen LogP contribution in [0.25, 0.3) is 11.4 Å². The summed E-state index contributed by atoms with van der Waals surface area (Å²) in [6.45, 7) is 1.46. The second-order valence-electron chi connectivity index (χ2n) is 7.77. The number of amides is 1. The Balaban J connectivity index is 1.65. The summed E-state index contributed by atoms with van der Waals surface area (Å²) in [7, 11) is 1.55. The van der Waals surface area contributed by atoms with Crippen LogP contribution in [0, 0.1) is 0 Å². The lowest BCUT2D eigenvalue weighted by Crippen LogP contribution is -2.40. The van der Waals surface area contributed by atoms with E-state index < -0.39 is 18.0 Å². The van der Waals surface area contributed by atoms with Gasteiger partial charge in [-0.05, 0) is 31.0 Å². The van der Waals surface area contributed by atoms with E-state index in [9.17, 15) is 18.0 Å². The molecule has 0 atom stereocenters. The maximum absolute atomic E-state index is 13.2. The third-order valence-corrected chi connectivity index (χ3v) is 5.39. The Morgan fingerprint density at radius 3 is 2.66 bits per heavy atom. The molecule has 0 bridgehead atoms. The Bertz CT molecular complexity index is 1200. The average Bonchev–Trinajstić information content (AvgIpc) is 2.84. The number of piperidine rings is 1. The third-order valence-electron chi connectivity index (χ3n) is 5.39. The van der Waals surface area contributed by atoms with Crippen molar-refractivity contribution in [3.63, 3.8) is 0 Å². The Morgan fingerprint density at radius 2 is 1.94 bits per heavy atom. The summed E-state index contributed by atoms with van der Waals surface area (Å²) in [6.07, 6.45) is 2.36. The topological polar surface area (TPSA) is 131 Å². The molecule has 3 aromatic rings. The molecular weight excluding hydrogens is 465 g/mol. The molecule has 10 nitrogen and oxygen atoms in total. The van der Waals surface area contributed by atoms with E-state index in [-0.39, 0.29) is 28.9 Å². The second kappa shape index (κ2) is 10.1. The number of hydrogen-bond donors (Lipinski definition) is 3. The first-order chi connectivity index (χ1) is 16.7. The molecule has 184 valence electrons. The van der Waals surface area contributed by atoms with E-state index in [1.807, 2.05) is 0 Å². The van der Waals surface area contributed by atoms with Crippen LogP contribution in [0.4, 0.5) is 30.4 Å². The van der Waals surface area contributed by atoms with E-state index in [0.29, 0.717) is 5.69 Å². The third kappa shape index (κ3) is 5.74. The molecule has 0 aliphatic carbocycles. The highest BCUT2D eigenvalue weighted by Crippen LogP contribution is 2.32. The van der Waals surface area contributed by atoms with Crippen molar-refractivity contribution in [2.45, 2.75) is 25.2 Å². The van der Waals surface area contributed by atoms with Gasteiger partial charge in [0.05, 0.1) is 23.8 Å². The van der Waals surface area contributed by atoms with Crippen molar-refractivity contribution in [2.75, 3.05) is 35.7 Å². The van der Waals surface area contributed by atoms with Crippen LogP contribution < -0.4 is 26.0 Å². The zero-order chi connectivity index (χ0) is 25.0. The Morgan fingerprint density at radius 1 is 1.17 bits per heavy atom. The maximum Gasteiger partial charge on any atom is 0.573 e. The van der Waals surface area contributed by atoms with Crippen molar-refractivity contribution in [2.24, 2.45) is 5.73 Å². The molecule has 3 aromatic heterocycles. The van der Waals surface area contributed by atoms with Crippen LogP contribution in [-0.2, 0) is 0 Å². The summed E-state index contributed by atoms with van der Waals surface area (Å²) < 4.78 is 42.6. The summed E-state index contributed by atoms with van der Waals surface area (Å²) in [5.74, 6) is -1.05. The van der Waals surface area contributed by atoms with E-state index in [4.69, 9.17) is 5.73 Å². The molecule has 1 fully saturated rings. The molecule has 1 saturated heterocycles. The van der Waals surface area contributed by atoms with Gasteiger partial charge in [-0.25, -0.2) is 9.97 Å². The minimum absolute atomic E-state index is 0.0644. The maximum atomic E-state index is 13.2. The van der Waals surface area contributed by atoms with Gasteiger partial charge in [0.2, 0.25) is 0 Å². The molecule has 1 amide bonds. The molecule has 4 heterocycles. The standard InChI is InChI=1S/C22H23F3N8O2/c1-27-20-19(31-15(12-30-20)18-17(3-2-7-29-18)35-22(23,24)25)21(34)32-14-11-28-8-4-16(14)33-9-5-13(26)6-10-33/h2-4,7-8,11-13H,5-6,9-10,26H2,1H3,(H,27,30)(H,32,34). The molecule has 4 rings (SSSR count). The Kier molecular flexibility index (Phi) is 6.96. The van der Waals surface area contributed by atoms with E-state index in [0.717, 1.165) is 37.7 Å². The van der Waals surface area contributed by atoms with Crippen LogP contribution in [-0.4, -0.2) is 58.4 Å². The van der Waals surface area contributed by atoms with Gasteiger partial charge in [0, 0.05) is 38.6 Å². The lowest BCUT2D eigenvalue weighted by molar-refractivity contribution is -0.274. The molecule has 0 spiro atoms. The molecule has 4 N–H and O–H groups in total. The minimum Gasteiger partial charge on any atom is -0.403 e. The van der Waals surface area contributed by atoms with Gasteiger partial charge in [0.1, 0.15) is 11.4 Å². The van der Waals surface area contributed by atoms with E-state index >= 15 is 0 Å². The molecule has 0 aromatic carbocycles. The van der Waals surface area contributed by atoms with Crippen molar-refractivity contribution in [1.29, 1.82) is 0 Å². The highest BCUT2D eigenvalue weighted by atomic mass is 19.4. The van der Waals surface area contributed by atoms with E-state index in [1.54, 1.807) is 19.3 Å². The fourth-order valence-corrected chi connectivity index (χ4v) is 3.72. The zero-order valence-electron chi connectivity index (χ0n) is 18.7. The van der Waals surface area contributed by atoms with Crippen LogP contribution >= 0.6 is 0 Å². The normalized spacial score (nSPS) is 14.5. The summed E-state index contributed by atoms with van der Waals surface area (Å²) in [4.78, 5) is 31.8. The molecule has 13 heteroatoms. The minimum atomic E-state index is -4.93. The molecular formula is C22H23F3N8O2. The van der Waals surface area contributed by atoms with Crippen molar-refractivity contribution in [1.82, 2.24) is 19.9 Å². The van der Waals surface area contributed by atoms with Gasteiger partial charge in [-0.15, -0.1) is 13.2 Å². The highest BCUT2D eigenvalue weighted by Gasteiger charge is 2.33. The van der Waals surface area contributed by atoms with Crippen molar-refractivity contribution >= 4 is 23.1 Å². The number of alkyl halides is 3. The Hall–Kier alpha value is -4.00. The number of anilines is 3. The SMILES string of the molecule is CNc1ncc(-c2ncccc2OC(F)(F)F)nc1C(=O)Nc1cnccc1N1CCC(N)CC1. The van der Waals surface area contributed by atoms with Gasteiger partial charge < -0.3 is 26.0 Å². The summed E-state index contributed by atoms with van der Waals surface area (Å²) in [6, 6.07) is 4.34. The first-order valence-electron chi connectivity index (χ1n) is 10.8. The number of nitrogens with two attached hydrogens (primary N) is 1. The lowest BCUT2D eigenvalue weighted by Gasteiger charge is -2.33. The number of ether oxygens (including phenoxy) is 1. The summed E-state index contributed by atoms with van der Waals surface area (Å²) in [5.41, 5.74) is 6.83. The van der Waals surface area contributed by atoms with Crippen molar-refractivity contribution < 1.29 is 22.7 Å². The lowest BCUT2D eigenvalue weighted by atomic mass is 10.1. The van der Waals surface area contributed by atoms with Crippen molar-refractivity contribution in [3.8, 4) is 17.1 Å². The van der Waals surface area contributed by atoms with Gasteiger partial charge in [-0.2, -0.15) is 0 Å². The highest BCUT2D eigenvalue weighted by molar-refractivity contribution is 6.07. The number of aromatic nitrogens is 4. The van der Waals surface area contributed by atoms with E-state index in [1.165, 1.54) is 24.7 Å². The van der Waals surface area contributed by atoms with Gasteiger partial charge in [-0.1, -0.05) is 0 Å². The first-order valence-corrected chi connectivity index (χ1v) is 10.8. The second-order valence-corrected chi connectivity index (χ2v) is 7.77. The number of pyridine rings is 2. The molecule has 0 saturated carbocycles. The monoisotopic (exact) mass is 488 g/mol. The number of hydrogen-bond acceptors (Lipinski definition) is 9. The number of carbonyl (C=O) groups excluding carboxylic acids is 1. The van der Waals surface area contributed by atoms with Gasteiger partial charge >= 0.3 is 6.36 Å². The predicted octanol–water partition coefficient (Wildman–Crippen LogP) is 3.05. The molecule has 0 radical (unpaired) electrons. The van der Waals surface area contributed by atoms with Gasteiger partial charge in [-0.3, -0.25) is 14.8 Å². The van der Waals surface area contributed by atoms with Gasteiger partial charge in [0.15, 0.2) is 17.3 Å². The fraction of sp³-hybridized carbons (Fsp3) is 0.318. The molecule has 1 aliphatic rings. The predicted molar refractivity (Wildman–Crippen MR) is 123 cm³/mol. The van der Waals surface area contributed by atoms with Crippen LogP contribution in [0.2, 0.25) is 0 Å². The quantitative estimate of drug-likeness (QED) is 0.479. The zero-order valence-corrected chi connectivity index (χ0v) is 18.7. The summed E-state index contributed by atoms with van der Waals surface area (Å²) in [5, 5.41) is 5.56. The molecule has 35 heavy (non-hydrogen) atoms. The number of nitrogens with zero attached hydrogens (tertiary/aromatic N) is 5. The fourth-order valence-electron chi connectivity index (χ4n) is 3.72. The largest absolute Gasteiger partial charge is 0.573 e. The number of nitrogens with one attached hydrogen (secondary N) is 2. The van der Waals surface area contributed by atoms with Crippen molar-refractivity contribution in [3.05, 3.63) is 48.7 Å². The van der Waals surface area contributed by atoms with E-state index in [2.05, 4.69) is 40.2 Å². The molecule has 0 unspecified atom stereocenters. The number of carbonyl (C=O) groups is 1. The van der Waals surface area contributed by atoms with Crippen LogP contribution in [0.15, 0.2) is 43.0 Å². The van der Waals surface area contributed by atoms with Crippen LogP contribution in [0.5, 0.6) is 5.75 Å². The first kappa shape index (κ1) is 24.1. The van der Waals surface area contributed by atoms with Crippen LogP contribution in [0.1, 0.15) is 23.3 Å². The molecule has 1 aliphatic heterocycles. The summed E-state index contributed by atoms with van der Waals surface area (Å²) >= 11 is 0. The number of halogens is 3. The number of rotatable bonds is 6. The Labute approximate surface area is 198 Å². The van der Waals surface area contributed by atoms with Crippen LogP contribution in [0.3, 0.4) is 0 Å². The average molecular weight is 488 g/mol.